The van der Waals surface area contributed by atoms with Crippen molar-refractivity contribution in [1.82, 2.24) is 4.90 Å². The third-order valence-corrected chi connectivity index (χ3v) is 4.79. The van der Waals surface area contributed by atoms with E-state index in [9.17, 15) is 0 Å². The van der Waals surface area contributed by atoms with E-state index in [1.165, 1.54) is 5.56 Å². The van der Waals surface area contributed by atoms with Gasteiger partial charge in [-0.25, -0.2) is 0 Å². The summed E-state index contributed by atoms with van der Waals surface area (Å²) < 4.78 is 17.0. The molecule has 116 valence electrons. The van der Waals surface area contributed by atoms with E-state index in [2.05, 4.69) is 17.0 Å². The second-order valence-corrected chi connectivity index (χ2v) is 5.93. The Kier molecular flexibility index (Phi) is 4.78. The third kappa shape index (κ3) is 3.23. The van der Waals surface area contributed by atoms with Crippen molar-refractivity contribution in [2.24, 2.45) is 0 Å². The van der Waals surface area contributed by atoms with Gasteiger partial charge in [-0.3, -0.25) is 4.90 Å². The summed E-state index contributed by atoms with van der Waals surface area (Å²) in [6.45, 7) is 2.73. The molecule has 4 heteroatoms. The van der Waals surface area contributed by atoms with E-state index in [0.29, 0.717) is 18.2 Å². The molecular formula is C17H25NO3. The first kappa shape index (κ1) is 14.8. The molecule has 0 radical (unpaired) electrons. The number of hydrogen-bond acceptors (Lipinski definition) is 4. The van der Waals surface area contributed by atoms with Crippen molar-refractivity contribution in [3.63, 3.8) is 0 Å². The number of ether oxygens (including phenoxy) is 3. The van der Waals surface area contributed by atoms with Crippen LogP contribution >= 0.6 is 0 Å². The summed E-state index contributed by atoms with van der Waals surface area (Å²) in [5.74, 6) is 0.972. The van der Waals surface area contributed by atoms with Crippen LogP contribution in [0.4, 0.5) is 0 Å². The zero-order chi connectivity index (χ0) is 14.7. The highest BCUT2D eigenvalue weighted by Gasteiger charge is 2.37. The molecule has 1 aliphatic heterocycles. The number of rotatable bonds is 4. The number of hydrogen-bond donors (Lipinski definition) is 0. The molecule has 1 aromatic carbocycles. The lowest BCUT2D eigenvalue weighted by Gasteiger charge is -2.45. The number of fused-ring (bicyclic) bond motifs is 1. The number of morpholine rings is 1. The maximum absolute atomic E-state index is 5.97. The van der Waals surface area contributed by atoms with E-state index in [0.717, 1.165) is 44.7 Å². The summed E-state index contributed by atoms with van der Waals surface area (Å²) in [5.41, 5.74) is 1.25. The van der Waals surface area contributed by atoms with Crippen molar-refractivity contribution in [3.05, 3.63) is 29.8 Å². The Morgan fingerprint density at radius 3 is 2.90 bits per heavy atom. The first-order valence-corrected chi connectivity index (χ1v) is 7.82. The highest BCUT2D eigenvalue weighted by molar-refractivity contribution is 5.33. The molecule has 0 unspecified atom stereocenters. The summed E-state index contributed by atoms with van der Waals surface area (Å²) in [6.07, 6.45) is 4.01. The highest BCUT2D eigenvalue weighted by Crippen LogP contribution is 2.32. The van der Waals surface area contributed by atoms with Crippen molar-refractivity contribution in [2.75, 3.05) is 27.4 Å². The zero-order valence-corrected chi connectivity index (χ0v) is 13.0. The van der Waals surface area contributed by atoms with Crippen LogP contribution in [0.5, 0.6) is 5.75 Å². The molecule has 0 bridgehead atoms. The predicted molar refractivity (Wildman–Crippen MR) is 81.6 cm³/mol. The molecule has 4 nitrogen and oxygen atoms in total. The van der Waals surface area contributed by atoms with Crippen molar-refractivity contribution in [3.8, 4) is 5.75 Å². The fraction of sp³-hybridized carbons (Fsp3) is 0.647. The zero-order valence-electron chi connectivity index (χ0n) is 13.0. The van der Waals surface area contributed by atoms with Gasteiger partial charge in [0.2, 0.25) is 0 Å². The normalized spacial score (nSPS) is 29.9. The van der Waals surface area contributed by atoms with E-state index in [1.54, 1.807) is 7.11 Å². The minimum Gasteiger partial charge on any atom is -0.496 e. The lowest BCUT2D eigenvalue weighted by Crippen LogP contribution is -2.54. The van der Waals surface area contributed by atoms with Crippen LogP contribution in [-0.4, -0.2) is 50.5 Å². The quantitative estimate of drug-likeness (QED) is 0.852. The van der Waals surface area contributed by atoms with Gasteiger partial charge < -0.3 is 14.2 Å². The molecule has 0 aromatic heterocycles. The maximum Gasteiger partial charge on any atom is 0.123 e. The third-order valence-electron chi connectivity index (χ3n) is 4.79. The van der Waals surface area contributed by atoms with Gasteiger partial charge in [0, 0.05) is 31.8 Å². The second-order valence-electron chi connectivity index (χ2n) is 5.93. The first-order chi connectivity index (χ1) is 10.3. The molecule has 21 heavy (non-hydrogen) atoms. The second kappa shape index (κ2) is 6.77. The molecule has 1 aliphatic carbocycles. The summed E-state index contributed by atoms with van der Waals surface area (Å²) in [4.78, 5) is 2.54. The number of methoxy groups -OCH3 is 2. The number of benzene rings is 1. The van der Waals surface area contributed by atoms with Gasteiger partial charge in [0.15, 0.2) is 0 Å². The van der Waals surface area contributed by atoms with Gasteiger partial charge in [-0.1, -0.05) is 18.2 Å². The first-order valence-electron chi connectivity index (χ1n) is 7.82. The van der Waals surface area contributed by atoms with E-state index >= 15 is 0 Å². The monoisotopic (exact) mass is 291 g/mol. The van der Waals surface area contributed by atoms with E-state index in [-0.39, 0.29) is 0 Å². The summed E-state index contributed by atoms with van der Waals surface area (Å²) in [5, 5.41) is 0. The fourth-order valence-corrected chi connectivity index (χ4v) is 3.61. The Balaban J connectivity index is 1.74. The Morgan fingerprint density at radius 2 is 2.10 bits per heavy atom. The fourth-order valence-electron chi connectivity index (χ4n) is 3.61. The van der Waals surface area contributed by atoms with Gasteiger partial charge in [0.25, 0.3) is 0 Å². The topological polar surface area (TPSA) is 30.9 Å². The largest absolute Gasteiger partial charge is 0.496 e. The number of para-hydroxylation sites is 1. The van der Waals surface area contributed by atoms with Crippen LogP contribution in [0.3, 0.4) is 0 Å². The van der Waals surface area contributed by atoms with Crippen LogP contribution in [0.2, 0.25) is 0 Å². The molecule has 1 saturated carbocycles. The molecule has 0 spiro atoms. The van der Waals surface area contributed by atoms with Crippen molar-refractivity contribution >= 4 is 0 Å². The molecule has 1 saturated heterocycles. The Morgan fingerprint density at radius 1 is 1.24 bits per heavy atom. The summed E-state index contributed by atoms with van der Waals surface area (Å²) >= 11 is 0. The maximum atomic E-state index is 5.97. The average molecular weight is 291 g/mol. The smallest absolute Gasteiger partial charge is 0.123 e. The number of nitrogens with zero attached hydrogens (tertiary/aromatic N) is 1. The summed E-state index contributed by atoms with van der Waals surface area (Å²) in [6, 6.07) is 8.74. The van der Waals surface area contributed by atoms with Crippen molar-refractivity contribution < 1.29 is 14.2 Å². The van der Waals surface area contributed by atoms with Crippen LogP contribution in [0.1, 0.15) is 24.8 Å². The molecule has 2 aliphatic rings. The van der Waals surface area contributed by atoms with Gasteiger partial charge in [0.05, 0.1) is 25.9 Å². The van der Waals surface area contributed by atoms with E-state index in [4.69, 9.17) is 14.2 Å². The predicted octanol–water partition coefficient (Wildman–Crippen LogP) is 2.46. The van der Waals surface area contributed by atoms with Crippen LogP contribution in [0.15, 0.2) is 24.3 Å². The van der Waals surface area contributed by atoms with Crippen LogP contribution in [0, 0.1) is 0 Å². The van der Waals surface area contributed by atoms with Gasteiger partial charge in [-0.2, -0.15) is 0 Å². The lowest BCUT2D eigenvalue weighted by atomic mass is 9.87. The van der Waals surface area contributed by atoms with Crippen molar-refractivity contribution in [2.45, 2.75) is 44.1 Å². The van der Waals surface area contributed by atoms with Gasteiger partial charge >= 0.3 is 0 Å². The Hall–Kier alpha value is -1.10. The van der Waals surface area contributed by atoms with Crippen LogP contribution in [0.25, 0.3) is 0 Å². The highest BCUT2D eigenvalue weighted by atomic mass is 16.5. The Labute approximate surface area is 127 Å². The van der Waals surface area contributed by atoms with Crippen molar-refractivity contribution in [1.29, 1.82) is 0 Å². The van der Waals surface area contributed by atoms with Gasteiger partial charge in [-0.05, 0) is 25.3 Å². The van der Waals surface area contributed by atoms with Crippen LogP contribution < -0.4 is 4.74 Å². The minimum absolute atomic E-state index is 0.361. The molecule has 0 N–H and O–H groups in total. The van der Waals surface area contributed by atoms with Gasteiger partial charge in [0.1, 0.15) is 5.75 Å². The molecular weight excluding hydrogens is 266 g/mol. The van der Waals surface area contributed by atoms with E-state index < -0.39 is 0 Å². The van der Waals surface area contributed by atoms with Crippen LogP contribution in [-0.2, 0) is 16.0 Å². The molecule has 2 fully saturated rings. The standard InChI is InChI=1S/C17H25NO3/c1-19-14-7-8-17-15(11-14)18(9-10-21-17)12-13-5-3-4-6-16(13)20-2/h3-6,14-15,17H,7-12H2,1-2H3/t14-,15-,17-/m1/s1. The molecule has 1 aromatic rings. The molecule has 3 atom stereocenters. The average Bonchev–Trinajstić information content (AvgIpc) is 2.55. The molecule has 1 heterocycles. The van der Waals surface area contributed by atoms with Gasteiger partial charge in [-0.15, -0.1) is 0 Å². The van der Waals surface area contributed by atoms with E-state index in [1.807, 2.05) is 19.2 Å². The molecule has 0 amide bonds. The summed E-state index contributed by atoms with van der Waals surface area (Å²) in [7, 11) is 3.56. The minimum atomic E-state index is 0.361. The Bertz CT molecular complexity index is 465. The molecule has 3 rings (SSSR count). The lowest BCUT2D eigenvalue weighted by molar-refractivity contribution is -0.116. The SMILES string of the molecule is COc1ccccc1CN1CCO[C@@H]2CC[C@@H](OC)C[C@H]21.